The summed E-state index contributed by atoms with van der Waals surface area (Å²) >= 11 is 3.82. The van der Waals surface area contributed by atoms with Crippen LogP contribution in [-0.4, -0.2) is 26.8 Å². The minimum absolute atomic E-state index is 0.0254. The summed E-state index contributed by atoms with van der Waals surface area (Å²) in [5, 5.41) is 9.47. The molecular formula is C11H18OS2. The third-order valence-corrected chi connectivity index (χ3v) is 5.14. The Bertz CT molecular complexity index is 221. The average molecular weight is 230 g/mol. The summed E-state index contributed by atoms with van der Waals surface area (Å²) in [6, 6.07) is 0. The first kappa shape index (κ1) is 12.3. The third-order valence-electron chi connectivity index (χ3n) is 1.98. The van der Waals surface area contributed by atoms with Gasteiger partial charge in [-0.05, 0) is 24.9 Å². The van der Waals surface area contributed by atoms with E-state index < -0.39 is 0 Å². The molecule has 1 atom stereocenters. The molecule has 0 spiro atoms. The molecule has 1 aliphatic heterocycles. The van der Waals surface area contributed by atoms with E-state index in [4.69, 9.17) is 0 Å². The van der Waals surface area contributed by atoms with E-state index in [-0.39, 0.29) is 10.2 Å². The summed E-state index contributed by atoms with van der Waals surface area (Å²) in [5.41, 5.74) is 0. The van der Waals surface area contributed by atoms with Crippen LogP contribution in [0.2, 0.25) is 0 Å². The number of hydrogen-bond acceptors (Lipinski definition) is 3. The molecule has 0 radical (unpaired) electrons. The van der Waals surface area contributed by atoms with Crippen molar-refractivity contribution >= 4 is 23.5 Å². The molecule has 0 bridgehead atoms. The molecule has 1 heterocycles. The first-order valence-electron chi connectivity index (χ1n) is 5.14. The third kappa shape index (κ3) is 3.76. The molecule has 0 aromatic heterocycles. The Labute approximate surface area is 95.4 Å². The summed E-state index contributed by atoms with van der Waals surface area (Å²) in [6.45, 7) is 3.92. The molecule has 14 heavy (non-hydrogen) atoms. The maximum atomic E-state index is 9.47. The maximum Gasteiger partial charge on any atom is 0.124 e. The van der Waals surface area contributed by atoms with E-state index in [1.807, 2.05) is 30.4 Å². The van der Waals surface area contributed by atoms with Gasteiger partial charge in [-0.15, -0.1) is 29.4 Å². The molecule has 0 aromatic rings. The van der Waals surface area contributed by atoms with Crippen molar-refractivity contribution in [1.29, 1.82) is 0 Å². The van der Waals surface area contributed by atoms with Gasteiger partial charge in [-0.2, -0.15) is 0 Å². The van der Waals surface area contributed by atoms with E-state index in [2.05, 4.69) is 18.8 Å². The Morgan fingerprint density at radius 3 is 2.57 bits per heavy atom. The van der Waals surface area contributed by atoms with Crippen molar-refractivity contribution in [3.05, 3.63) is 0 Å². The van der Waals surface area contributed by atoms with Gasteiger partial charge in [0.15, 0.2) is 0 Å². The molecule has 80 valence electrons. The highest BCUT2D eigenvalue weighted by Crippen LogP contribution is 2.44. The van der Waals surface area contributed by atoms with Crippen LogP contribution in [0.15, 0.2) is 0 Å². The van der Waals surface area contributed by atoms with Crippen LogP contribution in [-0.2, 0) is 0 Å². The van der Waals surface area contributed by atoms with Crippen molar-refractivity contribution < 1.29 is 5.11 Å². The molecular weight excluding hydrogens is 212 g/mol. The monoisotopic (exact) mass is 230 g/mol. The normalized spacial score (nSPS) is 22.2. The lowest BCUT2D eigenvalue weighted by atomic mass is 10.2. The van der Waals surface area contributed by atoms with Gasteiger partial charge in [0.05, 0.1) is 6.10 Å². The first-order chi connectivity index (χ1) is 6.68. The Morgan fingerprint density at radius 1 is 1.43 bits per heavy atom. The van der Waals surface area contributed by atoms with Gasteiger partial charge >= 0.3 is 0 Å². The van der Waals surface area contributed by atoms with E-state index in [0.717, 1.165) is 12.8 Å². The number of aliphatic hydroxyl groups is 1. The van der Waals surface area contributed by atoms with Crippen LogP contribution in [0.25, 0.3) is 0 Å². The minimum atomic E-state index is -0.251. The van der Waals surface area contributed by atoms with E-state index >= 15 is 0 Å². The van der Waals surface area contributed by atoms with E-state index in [1.165, 1.54) is 17.9 Å². The zero-order valence-electron chi connectivity index (χ0n) is 8.88. The zero-order chi connectivity index (χ0) is 10.4. The fraction of sp³-hybridized carbons (Fsp3) is 0.818. The largest absolute Gasteiger partial charge is 0.393 e. The lowest BCUT2D eigenvalue weighted by Crippen LogP contribution is -2.27. The van der Waals surface area contributed by atoms with Crippen molar-refractivity contribution in [2.24, 2.45) is 0 Å². The summed E-state index contributed by atoms with van der Waals surface area (Å²) in [4.78, 5) is 0. The minimum Gasteiger partial charge on any atom is -0.393 e. The molecule has 1 fully saturated rings. The summed E-state index contributed by atoms with van der Waals surface area (Å²) in [6.07, 6.45) is 2.71. The van der Waals surface area contributed by atoms with Crippen LogP contribution in [0, 0.1) is 11.8 Å². The predicted molar refractivity (Wildman–Crippen MR) is 66.6 cm³/mol. The van der Waals surface area contributed by atoms with Gasteiger partial charge in [-0.1, -0.05) is 12.8 Å². The Hall–Kier alpha value is 0.220. The van der Waals surface area contributed by atoms with Crippen molar-refractivity contribution in [2.45, 2.75) is 43.3 Å². The number of aliphatic hydroxyl groups excluding tert-OH is 1. The molecule has 0 saturated carbocycles. The topological polar surface area (TPSA) is 20.2 Å². The molecule has 0 aromatic carbocycles. The van der Waals surface area contributed by atoms with E-state index in [1.54, 1.807) is 0 Å². The highest BCUT2D eigenvalue weighted by molar-refractivity contribution is 8.19. The SMILES string of the molecule is CCC#CC1(CC(C)O)SCCCS1. The Kier molecular flexibility index (Phi) is 5.22. The van der Waals surface area contributed by atoms with Crippen LogP contribution >= 0.6 is 23.5 Å². The quantitative estimate of drug-likeness (QED) is 0.737. The van der Waals surface area contributed by atoms with Gasteiger partial charge in [0.2, 0.25) is 0 Å². The van der Waals surface area contributed by atoms with Crippen molar-refractivity contribution in [1.82, 2.24) is 0 Å². The maximum absolute atomic E-state index is 9.47. The number of rotatable bonds is 2. The van der Waals surface area contributed by atoms with Gasteiger partial charge in [-0.25, -0.2) is 0 Å². The Morgan fingerprint density at radius 2 is 2.07 bits per heavy atom. The predicted octanol–water partition coefficient (Wildman–Crippen LogP) is 2.74. The van der Waals surface area contributed by atoms with Crippen LogP contribution in [0.3, 0.4) is 0 Å². The molecule has 1 unspecified atom stereocenters. The lowest BCUT2D eigenvalue weighted by Gasteiger charge is -2.32. The summed E-state index contributed by atoms with van der Waals surface area (Å²) in [7, 11) is 0. The second-order valence-electron chi connectivity index (χ2n) is 3.51. The fourth-order valence-electron chi connectivity index (χ4n) is 1.43. The van der Waals surface area contributed by atoms with Crippen LogP contribution in [0.1, 0.15) is 33.1 Å². The molecule has 0 amide bonds. The van der Waals surface area contributed by atoms with E-state index in [0.29, 0.717) is 0 Å². The fourth-order valence-corrected chi connectivity index (χ4v) is 4.69. The van der Waals surface area contributed by atoms with Gasteiger partial charge in [0, 0.05) is 12.8 Å². The molecule has 1 saturated heterocycles. The van der Waals surface area contributed by atoms with Crippen molar-refractivity contribution in [3.8, 4) is 11.8 Å². The van der Waals surface area contributed by atoms with Crippen LogP contribution < -0.4 is 0 Å². The van der Waals surface area contributed by atoms with Crippen molar-refractivity contribution in [2.75, 3.05) is 11.5 Å². The highest BCUT2D eigenvalue weighted by atomic mass is 32.2. The van der Waals surface area contributed by atoms with Crippen LogP contribution in [0.4, 0.5) is 0 Å². The zero-order valence-corrected chi connectivity index (χ0v) is 10.5. The highest BCUT2D eigenvalue weighted by Gasteiger charge is 2.32. The molecule has 3 heteroatoms. The van der Waals surface area contributed by atoms with Gasteiger partial charge in [0.25, 0.3) is 0 Å². The molecule has 1 nitrogen and oxygen atoms in total. The smallest absolute Gasteiger partial charge is 0.124 e. The number of hydrogen-bond donors (Lipinski definition) is 1. The standard InChI is InChI=1S/C11H18OS2/c1-3-4-6-11(9-10(2)12)13-7-5-8-14-11/h10,12H,3,5,7-9H2,1-2H3. The first-order valence-corrected chi connectivity index (χ1v) is 7.11. The molecule has 1 N–H and O–H groups in total. The van der Waals surface area contributed by atoms with Crippen molar-refractivity contribution in [3.63, 3.8) is 0 Å². The molecule has 0 aliphatic carbocycles. The second-order valence-corrected chi connectivity index (χ2v) is 6.56. The second kappa shape index (κ2) is 5.95. The summed E-state index contributed by atoms with van der Waals surface area (Å²) < 4.78 is -0.0254. The lowest BCUT2D eigenvalue weighted by molar-refractivity contribution is 0.185. The van der Waals surface area contributed by atoms with Gasteiger partial charge in [0.1, 0.15) is 4.08 Å². The molecule has 1 rings (SSSR count). The molecule has 1 aliphatic rings. The Balaban J connectivity index is 2.66. The van der Waals surface area contributed by atoms with Gasteiger partial charge in [-0.3, -0.25) is 0 Å². The average Bonchev–Trinajstić information content (AvgIpc) is 2.15. The van der Waals surface area contributed by atoms with Gasteiger partial charge < -0.3 is 5.11 Å². The summed E-state index contributed by atoms with van der Waals surface area (Å²) in [5.74, 6) is 8.85. The van der Waals surface area contributed by atoms with Crippen LogP contribution in [0.5, 0.6) is 0 Å². The van der Waals surface area contributed by atoms with E-state index in [9.17, 15) is 5.11 Å². The number of thioether (sulfide) groups is 2.